The molecule has 78 heavy (non-hydrogen) atoms. The summed E-state index contributed by atoms with van der Waals surface area (Å²) in [6.45, 7) is -2.40. The van der Waals surface area contributed by atoms with Gasteiger partial charge in [0.1, 0.15) is 5.58 Å². The van der Waals surface area contributed by atoms with Crippen molar-refractivity contribution >= 4 is 22.1 Å². The Hall–Kier alpha value is -8.28. The van der Waals surface area contributed by atoms with Crippen LogP contribution in [-0.2, 0) is 19.3 Å². The van der Waals surface area contributed by atoms with Gasteiger partial charge in [0.05, 0.1) is 17.1 Å². The highest BCUT2D eigenvalue weighted by molar-refractivity contribution is 6.08. The van der Waals surface area contributed by atoms with Gasteiger partial charge in [0.15, 0.2) is 0 Å². The van der Waals surface area contributed by atoms with Crippen molar-refractivity contribution in [1.82, 2.24) is 19.9 Å². The lowest BCUT2D eigenvalue weighted by Crippen LogP contribution is -2.57. The normalized spacial score (nSPS) is 22.3. The minimum atomic E-state index is -2.40. The number of aromatic nitrogens is 4. The van der Waals surface area contributed by atoms with Gasteiger partial charge in [0.2, 0.25) is 5.71 Å². The summed E-state index contributed by atoms with van der Waals surface area (Å²) in [5.74, 6) is 0.150. The lowest BCUT2D eigenvalue weighted by Gasteiger charge is -2.67. The van der Waals surface area contributed by atoms with Crippen LogP contribution < -0.4 is 0 Å². The van der Waals surface area contributed by atoms with E-state index in [9.17, 15) is 5.48 Å². The maximum atomic E-state index is 10.7. The van der Waals surface area contributed by atoms with E-state index in [-0.39, 0.29) is 35.6 Å². The molecule has 0 saturated heterocycles. The average molecular weight is 1020 g/mol. The number of hydrogen-bond donors (Lipinski definition) is 0. The van der Waals surface area contributed by atoms with E-state index in [1.165, 1.54) is 6.07 Å². The Labute approximate surface area is 468 Å². The van der Waals surface area contributed by atoms with Crippen molar-refractivity contribution in [1.29, 1.82) is 0 Å². The third-order valence-corrected chi connectivity index (χ3v) is 17.4. The molecular formula is C73H64N4O. The van der Waals surface area contributed by atoms with Crippen molar-refractivity contribution in [2.24, 2.45) is 22.2 Å². The van der Waals surface area contributed by atoms with Crippen molar-refractivity contribution in [3.05, 3.63) is 241 Å². The summed E-state index contributed by atoms with van der Waals surface area (Å²) in [6.07, 6.45) is 8.28. The van der Waals surface area contributed by atoms with E-state index in [1.807, 2.05) is 110 Å². The Kier molecular flexibility index (Phi) is 10.5. The van der Waals surface area contributed by atoms with E-state index in [1.54, 1.807) is 6.07 Å². The number of benzene rings is 6. The molecular weight excluding hydrogens is 949 g/mol. The first kappa shape index (κ1) is 40.9. The Balaban J connectivity index is 0.825. The molecule has 5 nitrogen and oxygen atoms in total. The zero-order chi connectivity index (χ0) is 58.2. The van der Waals surface area contributed by atoms with E-state index >= 15 is 0 Å². The van der Waals surface area contributed by atoms with Crippen molar-refractivity contribution in [2.75, 3.05) is 0 Å². The summed E-state index contributed by atoms with van der Waals surface area (Å²) in [6, 6.07) is 67.1. The number of nitrogens with zero attached hydrogens (tertiary/aromatic N) is 4. The van der Waals surface area contributed by atoms with Crippen LogP contribution in [0.25, 0.3) is 89.2 Å². The maximum absolute atomic E-state index is 10.7. The minimum absolute atomic E-state index is 0.0408. The van der Waals surface area contributed by atoms with Crippen LogP contribution in [0.2, 0.25) is 0 Å². The Morgan fingerprint density at radius 1 is 0.462 bits per heavy atom. The standard InChI is InChI=1S/C73H64N4O/c1-50-23-30-63-62-21-12-22-64(69(62)78-70(63)77-50)68-40-65(57-28-26-56(27-29-57)54-13-5-2-6-14-54)61(46-76-68)35-38-73-43-53-41-71(48-73,36-33-51-24-31-66(74-44-51)58-17-9-4-10-18-58)47-72(42-53,49-73)37-34-52-25-32-67(75-45-52)60-20-11-19-59(39-60)55-15-7-3-8-16-55/h2-32,39-40,44-46,53H,33-38,41-43,47-49H2,1H3/i1D3,37D2,38D2. The average Bonchev–Trinajstić information content (AvgIpc) is 1.25. The van der Waals surface area contributed by atoms with Crippen molar-refractivity contribution in [3.63, 3.8) is 0 Å². The SMILES string of the molecule is [2H]C([2H])([2H])c1ccc2c(n1)oc1c(-c3cc(-c4ccc(-c5ccccc5)cc4)c(CC([2H])([2H])C45CC6CC(CCc7ccc(-c8ccccc8)nc7)(CC(C([2H])([2H])Cc7ccc(-c8cccc(-c9ccccc9)c8)nc7)(C6)C4)C5)cn3)cccc12. The van der Waals surface area contributed by atoms with Crippen LogP contribution in [0.1, 0.15) is 89.7 Å². The summed E-state index contributed by atoms with van der Waals surface area (Å²) in [5, 5.41) is 1.49. The second kappa shape index (κ2) is 19.9. The molecule has 4 aliphatic rings. The maximum Gasteiger partial charge on any atom is 0.227 e. The molecule has 382 valence electrons. The molecule has 4 unspecified atom stereocenters. The summed E-state index contributed by atoms with van der Waals surface area (Å²) < 4.78 is 72.7. The smallest absolute Gasteiger partial charge is 0.227 e. The number of furan rings is 1. The summed E-state index contributed by atoms with van der Waals surface area (Å²) in [5.41, 5.74) is 12.9. The predicted molar refractivity (Wildman–Crippen MR) is 319 cm³/mol. The van der Waals surface area contributed by atoms with Crippen LogP contribution in [0.3, 0.4) is 0 Å². The number of aryl methyl sites for hydroxylation is 4. The second-order valence-corrected chi connectivity index (χ2v) is 22.7. The van der Waals surface area contributed by atoms with Gasteiger partial charge < -0.3 is 4.42 Å². The minimum Gasteiger partial charge on any atom is -0.437 e. The first-order chi connectivity index (χ1) is 41.0. The Morgan fingerprint density at radius 2 is 1.04 bits per heavy atom. The Morgan fingerprint density at radius 3 is 1.74 bits per heavy atom. The number of para-hydroxylation sites is 1. The van der Waals surface area contributed by atoms with Gasteiger partial charge in [-0.15, -0.1) is 0 Å². The molecule has 0 amide bonds. The van der Waals surface area contributed by atoms with E-state index in [4.69, 9.17) is 23.5 Å². The number of rotatable bonds is 15. The van der Waals surface area contributed by atoms with Crippen molar-refractivity contribution < 1.29 is 14.0 Å². The molecule has 6 aromatic carbocycles. The quantitative estimate of drug-likeness (QED) is 0.102. The third-order valence-electron chi connectivity index (χ3n) is 17.4. The van der Waals surface area contributed by atoms with Gasteiger partial charge in [-0.25, -0.2) is 4.98 Å². The van der Waals surface area contributed by atoms with Crippen molar-refractivity contribution in [3.8, 4) is 67.2 Å². The predicted octanol–water partition coefficient (Wildman–Crippen LogP) is 18.6. The van der Waals surface area contributed by atoms with Crippen LogP contribution >= 0.6 is 0 Å². The molecule has 0 radical (unpaired) electrons. The first-order valence-electron chi connectivity index (χ1n) is 31.1. The molecule has 4 atom stereocenters. The van der Waals surface area contributed by atoms with E-state index in [0.29, 0.717) is 47.9 Å². The lowest BCUT2D eigenvalue weighted by molar-refractivity contribution is -0.166. The molecule has 4 fully saturated rings. The fourth-order valence-electron chi connectivity index (χ4n) is 14.2. The molecule has 4 saturated carbocycles. The highest BCUT2D eigenvalue weighted by Gasteiger charge is 2.62. The van der Waals surface area contributed by atoms with Gasteiger partial charge in [0.25, 0.3) is 0 Å². The van der Waals surface area contributed by atoms with Crippen LogP contribution in [-0.4, -0.2) is 19.9 Å². The van der Waals surface area contributed by atoms with Gasteiger partial charge >= 0.3 is 0 Å². The topological polar surface area (TPSA) is 64.7 Å². The van der Waals surface area contributed by atoms with Gasteiger partial charge in [-0.1, -0.05) is 158 Å². The molecule has 5 heteroatoms. The van der Waals surface area contributed by atoms with E-state index in [0.717, 1.165) is 104 Å². The summed E-state index contributed by atoms with van der Waals surface area (Å²) in [7, 11) is 0. The molecule has 5 heterocycles. The molecule has 4 aliphatic carbocycles. The zero-order valence-electron chi connectivity index (χ0n) is 50.6. The molecule has 4 bridgehead atoms. The molecule has 5 aromatic heterocycles. The van der Waals surface area contributed by atoms with Crippen LogP contribution in [0.4, 0.5) is 0 Å². The summed E-state index contributed by atoms with van der Waals surface area (Å²) >= 11 is 0. The van der Waals surface area contributed by atoms with E-state index in [2.05, 4.69) is 102 Å². The zero-order valence-corrected chi connectivity index (χ0v) is 43.6. The molecule has 0 aliphatic heterocycles. The number of pyridine rings is 4. The number of fused-ring (bicyclic) bond motifs is 3. The molecule has 0 N–H and O–H groups in total. The first-order valence-corrected chi connectivity index (χ1v) is 27.6. The monoisotopic (exact) mass is 1020 g/mol. The van der Waals surface area contributed by atoms with Gasteiger partial charge in [-0.05, 0) is 199 Å². The molecule has 11 aromatic rings. The highest BCUT2D eigenvalue weighted by atomic mass is 16.3. The van der Waals surface area contributed by atoms with Crippen LogP contribution in [0.5, 0.6) is 0 Å². The molecule has 0 spiro atoms. The van der Waals surface area contributed by atoms with Gasteiger partial charge in [0, 0.05) is 61.3 Å². The second-order valence-electron chi connectivity index (χ2n) is 22.7. The molecule has 15 rings (SSSR count). The van der Waals surface area contributed by atoms with E-state index < -0.39 is 30.4 Å². The van der Waals surface area contributed by atoms with Crippen LogP contribution in [0, 0.1) is 29.0 Å². The van der Waals surface area contributed by atoms with Crippen LogP contribution in [0.15, 0.2) is 223 Å². The highest BCUT2D eigenvalue weighted by Crippen LogP contribution is 2.73. The fourth-order valence-corrected chi connectivity index (χ4v) is 14.2. The van der Waals surface area contributed by atoms with Crippen molar-refractivity contribution in [2.45, 2.75) is 83.8 Å². The Bertz CT molecular complexity index is 4250. The lowest BCUT2D eigenvalue weighted by atomic mass is 9.37. The third kappa shape index (κ3) is 9.44. The fraction of sp³-hybridized carbons (Fsp3) is 0.233. The van der Waals surface area contributed by atoms with Gasteiger partial charge in [-0.2, -0.15) is 0 Å². The van der Waals surface area contributed by atoms with Gasteiger partial charge in [-0.3, -0.25) is 15.0 Å². The number of hydrogen-bond acceptors (Lipinski definition) is 5. The summed E-state index contributed by atoms with van der Waals surface area (Å²) in [4.78, 5) is 19.5. The largest absolute Gasteiger partial charge is 0.437 e.